The van der Waals surface area contributed by atoms with Gasteiger partial charge in [-0.1, -0.05) is 25.7 Å². The maximum atomic E-state index is 12.4. The third-order valence-corrected chi connectivity index (χ3v) is 4.43. The van der Waals surface area contributed by atoms with Crippen LogP contribution in [0.2, 0.25) is 0 Å². The third-order valence-electron chi connectivity index (χ3n) is 4.43. The van der Waals surface area contributed by atoms with Gasteiger partial charge in [0, 0.05) is 19.5 Å². The topological polar surface area (TPSA) is 29.5 Å². The van der Waals surface area contributed by atoms with Crippen molar-refractivity contribution >= 4 is 5.78 Å². The molecule has 17 heavy (non-hydrogen) atoms. The summed E-state index contributed by atoms with van der Waals surface area (Å²) in [6.45, 7) is 7.47. The molecule has 3 nitrogen and oxygen atoms in total. The molecule has 2 fully saturated rings. The summed E-state index contributed by atoms with van der Waals surface area (Å²) in [6, 6.07) is 0. The van der Waals surface area contributed by atoms with Crippen LogP contribution in [0.15, 0.2) is 0 Å². The van der Waals surface area contributed by atoms with Gasteiger partial charge in [-0.2, -0.15) is 0 Å². The summed E-state index contributed by atoms with van der Waals surface area (Å²) in [6.07, 6.45) is 5.92. The van der Waals surface area contributed by atoms with E-state index in [1.807, 2.05) is 0 Å². The minimum Gasteiger partial charge on any atom is -0.379 e. The normalized spacial score (nSPS) is 24.1. The molecule has 1 aliphatic carbocycles. The fourth-order valence-electron chi connectivity index (χ4n) is 3.03. The van der Waals surface area contributed by atoms with E-state index in [0.29, 0.717) is 11.7 Å². The molecule has 0 aromatic rings. The predicted molar refractivity (Wildman–Crippen MR) is 68.1 cm³/mol. The van der Waals surface area contributed by atoms with Gasteiger partial charge >= 0.3 is 0 Å². The van der Waals surface area contributed by atoms with Crippen molar-refractivity contribution in [2.24, 2.45) is 5.92 Å². The predicted octanol–water partition coefficient (Wildman–Crippen LogP) is 2.25. The number of Topliss-reactive ketones (excluding diaryl/α,β-unsaturated/α-hetero) is 1. The zero-order valence-corrected chi connectivity index (χ0v) is 11.2. The Morgan fingerprint density at radius 1 is 1.24 bits per heavy atom. The summed E-state index contributed by atoms with van der Waals surface area (Å²) in [5.41, 5.74) is -0.299. The van der Waals surface area contributed by atoms with E-state index >= 15 is 0 Å². The molecule has 1 aliphatic heterocycles. The Hall–Kier alpha value is -0.410. The zero-order chi connectivity index (χ0) is 12.3. The second-order valence-corrected chi connectivity index (χ2v) is 5.94. The Morgan fingerprint density at radius 3 is 2.41 bits per heavy atom. The summed E-state index contributed by atoms with van der Waals surface area (Å²) in [7, 11) is 0. The van der Waals surface area contributed by atoms with Gasteiger partial charge in [-0.25, -0.2) is 0 Å². The highest BCUT2D eigenvalue weighted by Crippen LogP contribution is 2.30. The van der Waals surface area contributed by atoms with Gasteiger partial charge in [0.2, 0.25) is 0 Å². The standard InChI is InChI=1S/C14H25NO2/c1-14(2,15-7-9-17-10-8-15)13(16)11-12-5-3-4-6-12/h12H,3-11H2,1-2H3. The molecule has 1 heterocycles. The van der Waals surface area contributed by atoms with Crippen LogP contribution < -0.4 is 0 Å². The van der Waals surface area contributed by atoms with E-state index in [-0.39, 0.29) is 5.54 Å². The van der Waals surface area contributed by atoms with Crippen LogP contribution in [0.1, 0.15) is 46.0 Å². The lowest BCUT2D eigenvalue weighted by Crippen LogP contribution is -2.54. The molecule has 2 aliphatic rings. The summed E-state index contributed by atoms with van der Waals surface area (Å²) in [4.78, 5) is 14.7. The van der Waals surface area contributed by atoms with Crippen molar-refractivity contribution in [2.45, 2.75) is 51.5 Å². The van der Waals surface area contributed by atoms with Crippen molar-refractivity contribution in [2.75, 3.05) is 26.3 Å². The van der Waals surface area contributed by atoms with Crippen molar-refractivity contribution in [1.82, 2.24) is 4.90 Å². The van der Waals surface area contributed by atoms with Crippen LogP contribution in [0.3, 0.4) is 0 Å². The molecule has 0 N–H and O–H groups in total. The van der Waals surface area contributed by atoms with Gasteiger partial charge in [-0.15, -0.1) is 0 Å². The van der Waals surface area contributed by atoms with Crippen molar-refractivity contribution in [3.63, 3.8) is 0 Å². The number of carbonyl (C=O) groups is 1. The fraction of sp³-hybridized carbons (Fsp3) is 0.929. The van der Waals surface area contributed by atoms with Crippen molar-refractivity contribution in [1.29, 1.82) is 0 Å². The summed E-state index contributed by atoms with van der Waals surface area (Å²) < 4.78 is 5.36. The largest absolute Gasteiger partial charge is 0.379 e. The Morgan fingerprint density at radius 2 is 1.82 bits per heavy atom. The van der Waals surface area contributed by atoms with E-state index in [1.54, 1.807) is 0 Å². The van der Waals surface area contributed by atoms with E-state index in [0.717, 1.165) is 32.7 Å². The highest BCUT2D eigenvalue weighted by molar-refractivity contribution is 5.87. The molecule has 3 heteroatoms. The molecule has 0 atom stereocenters. The fourth-order valence-corrected chi connectivity index (χ4v) is 3.03. The van der Waals surface area contributed by atoms with Gasteiger partial charge in [0.25, 0.3) is 0 Å². The maximum absolute atomic E-state index is 12.4. The third kappa shape index (κ3) is 3.08. The Bertz CT molecular complexity index is 263. The minimum atomic E-state index is -0.299. The number of hydrogen-bond acceptors (Lipinski definition) is 3. The van der Waals surface area contributed by atoms with Crippen LogP contribution in [0.5, 0.6) is 0 Å². The van der Waals surface area contributed by atoms with E-state index in [1.165, 1.54) is 25.7 Å². The van der Waals surface area contributed by atoms with Crippen molar-refractivity contribution in [3.05, 3.63) is 0 Å². The molecule has 0 aromatic heterocycles. The molecular weight excluding hydrogens is 214 g/mol. The second-order valence-electron chi connectivity index (χ2n) is 5.94. The average Bonchev–Trinajstić information content (AvgIpc) is 2.83. The first-order chi connectivity index (χ1) is 8.10. The van der Waals surface area contributed by atoms with Gasteiger partial charge in [0.15, 0.2) is 5.78 Å². The van der Waals surface area contributed by atoms with Crippen molar-refractivity contribution < 1.29 is 9.53 Å². The molecule has 0 aromatic carbocycles. The highest BCUT2D eigenvalue weighted by Gasteiger charge is 2.36. The van der Waals surface area contributed by atoms with Gasteiger partial charge in [-0.05, 0) is 19.8 Å². The number of rotatable bonds is 4. The summed E-state index contributed by atoms with van der Waals surface area (Å²) in [5, 5.41) is 0. The molecule has 0 radical (unpaired) electrons. The molecule has 0 spiro atoms. The van der Waals surface area contributed by atoms with Gasteiger partial charge in [-0.3, -0.25) is 9.69 Å². The zero-order valence-electron chi connectivity index (χ0n) is 11.2. The van der Waals surface area contributed by atoms with Crippen LogP contribution in [0.25, 0.3) is 0 Å². The number of ether oxygens (including phenoxy) is 1. The lowest BCUT2D eigenvalue weighted by Gasteiger charge is -2.40. The lowest BCUT2D eigenvalue weighted by molar-refractivity contribution is -0.133. The first kappa shape index (κ1) is 13.0. The molecular formula is C14H25NO2. The van der Waals surface area contributed by atoms with Crippen LogP contribution in [0.4, 0.5) is 0 Å². The number of carbonyl (C=O) groups excluding carboxylic acids is 1. The Labute approximate surface area is 105 Å². The molecule has 0 unspecified atom stereocenters. The molecule has 0 bridgehead atoms. The minimum absolute atomic E-state index is 0.299. The molecule has 1 saturated heterocycles. The number of ketones is 1. The number of morpholine rings is 1. The van der Waals surface area contributed by atoms with E-state index < -0.39 is 0 Å². The number of hydrogen-bond donors (Lipinski definition) is 0. The maximum Gasteiger partial charge on any atom is 0.152 e. The average molecular weight is 239 g/mol. The van der Waals surface area contributed by atoms with E-state index in [4.69, 9.17) is 4.74 Å². The molecule has 2 rings (SSSR count). The highest BCUT2D eigenvalue weighted by atomic mass is 16.5. The van der Waals surface area contributed by atoms with Gasteiger partial charge < -0.3 is 4.74 Å². The van der Waals surface area contributed by atoms with Crippen LogP contribution >= 0.6 is 0 Å². The van der Waals surface area contributed by atoms with E-state index in [9.17, 15) is 4.79 Å². The Kier molecular flexibility index (Phi) is 4.21. The summed E-state index contributed by atoms with van der Waals surface area (Å²) >= 11 is 0. The van der Waals surface area contributed by atoms with Crippen LogP contribution in [-0.4, -0.2) is 42.5 Å². The first-order valence-corrected chi connectivity index (χ1v) is 6.97. The molecule has 1 saturated carbocycles. The van der Waals surface area contributed by atoms with Crippen LogP contribution in [0, 0.1) is 5.92 Å². The van der Waals surface area contributed by atoms with Gasteiger partial charge in [0.1, 0.15) is 0 Å². The summed E-state index contributed by atoms with van der Waals surface area (Å²) in [5.74, 6) is 1.08. The molecule has 98 valence electrons. The van der Waals surface area contributed by atoms with Crippen LogP contribution in [-0.2, 0) is 9.53 Å². The smallest absolute Gasteiger partial charge is 0.152 e. The first-order valence-electron chi connectivity index (χ1n) is 6.97. The second kappa shape index (κ2) is 5.49. The lowest BCUT2D eigenvalue weighted by atomic mass is 9.88. The Balaban J connectivity index is 1.90. The molecule has 0 amide bonds. The quantitative estimate of drug-likeness (QED) is 0.753. The number of nitrogens with zero attached hydrogens (tertiary/aromatic N) is 1. The monoisotopic (exact) mass is 239 g/mol. The van der Waals surface area contributed by atoms with Crippen molar-refractivity contribution in [3.8, 4) is 0 Å². The SMILES string of the molecule is CC(C)(C(=O)CC1CCCC1)N1CCOCC1. The van der Waals surface area contributed by atoms with Gasteiger partial charge in [0.05, 0.1) is 18.8 Å². The van der Waals surface area contributed by atoms with E-state index in [2.05, 4.69) is 18.7 Å².